The van der Waals surface area contributed by atoms with Crippen molar-refractivity contribution in [1.29, 1.82) is 0 Å². The largest absolute Gasteiger partial charge is 0.417 e. The summed E-state index contributed by atoms with van der Waals surface area (Å²) in [6.07, 6.45) is -4.47. The number of hydrogen-bond acceptors (Lipinski definition) is 2. The van der Waals surface area contributed by atoms with Gasteiger partial charge in [-0.25, -0.2) is 0 Å². The Morgan fingerprint density at radius 3 is 2.75 bits per heavy atom. The standard InChI is InChI=1S/C13H13BrF3NOS/c1-8-7-18(4-5-20-8)12(19)9-2-3-11(14)10(6-9)13(15,16)17/h2-3,6,8H,4-5,7H2,1H3. The molecule has 1 aliphatic rings. The van der Waals surface area contributed by atoms with Crippen LogP contribution in [0.15, 0.2) is 22.7 Å². The number of nitrogens with zero attached hydrogens (tertiary/aromatic N) is 1. The summed E-state index contributed by atoms with van der Waals surface area (Å²) in [7, 11) is 0. The van der Waals surface area contributed by atoms with E-state index in [0.29, 0.717) is 18.3 Å². The fourth-order valence-electron chi connectivity index (χ4n) is 2.06. The number of halogens is 4. The van der Waals surface area contributed by atoms with Gasteiger partial charge in [0.25, 0.3) is 5.91 Å². The number of benzene rings is 1. The van der Waals surface area contributed by atoms with Crippen LogP contribution in [0.1, 0.15) is 22.8 Å². The third-order valence-electron chi connectivity index (χ3n) is 3.05. The predicted octanol–water partition coefficient (Wildman–Crippen LogP) is 4.05. The van der Waals surface area contributed by atoms with E-state index >= 15 is 0 Å². The Morgan fingerprint density at radius 1 is 1.45 bits per heavy atom. The van der Waals surface area contributed by atoms with Crippen molar-refractivity contribution in [3.63, 3.8) is 0 Å². The zero-order valence-electron chi connectivity index (χ0n) is 10.7. The van der Waals surface area contributed by atoms with Crippen LogP contribution >= 0.6 is 27.7 Å². The van der Waals surface area contributed by atoms with Crippen molar-refractivity contribution in [3.8, 4) is 0 Å². The van der Waals surface area contributed by atoms with Crippen LogP contribution in [0.2, 0.25) is 0 Å². The minimum Gasteiger partial charge on any atom is -0.337 e. The molecule has 1 amide bonds. The van der Waals surface area contributed by atoms with Gasteiger partial charge in [0, 0.05) is 34.1 Å². The van der Waals surface area contributed by atoms with Crippen LogP contribution in [0.4, 0.5) is 13.2 Å². The second-order valence-electron chi connectivity index (χ2n) is 4.62. The molecule has 20 heavy (non-hydrogen) atoms. The van der Waals surface area contributed by atoms with Crippen LogP contribution in [0.25, 0.3) is 0 Å². The number of rotatable bonds is 1. The first-order valence-corrected chi connectivity index (χ1v) is 7.91. The van der Waals surface area contributed by atoms with Crippen LogP contribution < -0.4 is 0 Å². The number of carbonyl (C=O) groups excluding carboxylic acids is 1. The fourth-order valence-corrected chi connectivity index (χ4v) is 3.55. The van der Waals surface area contributed by atoms with Gasteiger partial charge < -0.3 is 4.90 Å². The Labute approximate surface area is 127 Å². The second kappa shape index (κ2) is 5.97. The van der Waals surface area contributed by atoms with E-state index in [4.69, 9.17) is 0 Å². The summed E-state index contributed by atoms with van der Waals surface area (Å²) in [6.45, 7) is 3.15. The van der Waals surface area contributed by atoms with Gasteiger partial charge >= 0.3 is 6.18 Å². The first-order valence-electron chi connectivity index (χ1n) is 6.06. The van der Waals surface area contributed by atoms with Gasteiger partial charge in [-0.1, -0.05) is 22.9 Å². The fraction of sp³-hybridized carbons (Fsp3) is 0.462. The molecular formula is C13H13BrF3NOS. The van der Waals surface area contributed by atoms with Crippen LogP contribution in [0.3, 0.4) is 0 Å². The molecule has 0 bridgehead atoms. The molecule has 2 rings (SSSR count). The van der Waals surface area contributed by atoms with Gasteiger partial charge in [-0.15, -0.1) is 0 Å². The summed E-state index contributed by atoms with van der Waals surface area (Å²) in [5.41, 5.74) is -0.734. The predicted molar refractivity (Wildman–Crippen MR) is 77.0 cm³/mol. The molecule has 1 heterocycles. The molecule has 1 aromatic rings. The van der Waals surface area contributed by atoms with Crippen LogP contribution in [0, 0.1) is 0 Å². The lowest BCUT2D eigenvalue weighted by Gasteiger charge is -2.30. The maximum atomic E-state index is 12.8. The van der Waals surface area contributed by atoms with Gasteiger partial charge in [0.1, 0.15) is 0 Å². The highest BCUT2D eigenvalue weighted by Crippen LogP contribution is 2.35. The van der Waals surface area contributed by atoms with Gasteiger partial charge in [0.2, 0.25) is 0 Å². The summed E-state index contributed by atoms with van der Waals surface area (Å²) >= 11 is 4.64. The van der Waals surface area contributed by atoms with E-state index in [1.165, 1.54) is 12.1 Å². The molecule has 110 valence electrons. The molecule has 0 saturated carbocycles. The highest BCUT2D eigenvalue weighted by molar-refractivity contribution is 9.10. The van der Waals surface area contributed by atoms with E-state index in [0.717, 1.165) is 11.8 Å². The van der Waals surface area contributed by atoms with E-state index in [2.05, 4.69) is 15.9 Å². The molecule has 0 aromatic heterocycles. The lowest BCUT2D eigenvalue weighted by atomic mass is 10.1. The van der Waals surface area contributed by atoms with E-state index in [-0.39, 0.29) is 15.9 Å². The van der Waals surface area contributed by atoms with Crippen molar-refractivity contribution < 1.29 is 18.0 Å². The Balaban J connectivity index is 2.26. The minimum absolute atomic E-state index is 0.0517. The molecule has 1 saturated heterocycles. The van der Waals surface area contributed by atoms with Crippen LogP contribution in [-0.4, -0.2) is 34.9 Å². The topological polar surface area (TPSA) is 20.3 Å². The third-order valence-corrected chi connectivity index (χ3v) is 4.87. The molecule has 0 N–H and O–H groups in total. The zero-order valence-corrected chi connectivity index (χ0v) is 13.1. The number of alkyl halides is 3. The summed E-state index contributed by atoms with van der Waals surface area (Å²) in [5, 5.41) is 0.310. The molecule has 1 unspecified atom stereocenters. The molecule has 1 aromatic carbocycles. The van der Waals surface area contributed by atoms with E-state index in [1.54, 1.807) is 16.7 Å². The van der Waals surface area contributed by atoms with Gasteiger partial charge in [-0.05, 0) is 18.2 Å². The highest BCUT2D eigenvalue weighted by atomic mass is 79.9. The average molecular weight is 368 g/mol. The Morgan fingerprint density at radius 2 is 2.15 bits per heavy atom. The summed E-state index contributed by atoms with van der Waals surface area (Å²) in [4.78, 5) is 13.9. The molecule has 2 nitrogen and oxygen atoms in total. The summed E-state index contributed by atoms with van der Waals surface area (Å²) < 4.78 is 38.5. The number of hydrogen-bond donors (Lipinski definition) is 0. The SMILES string of the molecule is CC1CN(C(=O)c2ccc(Br)c(C(F)(F)F)c2)CCS1. The quantitative estimate of drug-likeness (QED) is 0.746. The monoisotopic (exact) mass is 367 g/mol. The van der Waals surface area contributed by atoms with Crippen molar-refractivity contribution in [2.75, 3.05) is 18.8 Å². The van der Waals surface area contributed by atoms with Crippen molar-refractivity contribution in [2.24, 2.45) is 0 Å². The van der Waals surface area contributed by atoms with E-state index < -0.39 is 11.7 Å². The molecule has 1 fully saturated rings. The molecule has 0 radical (unpaired) electrons. The Hall–Kier alpha value is -0.690. The Kier molecular flexibility index (Phi) is 4.69. The van der Waals surface area contributed by atoms with Crippen LogP contribution in [-0.2, 0) is 6.18 Å². The van der Waals surface area contributed by atoms with E-state index in [1.807, 2.05) is 6.92 Å². The van der Waals surface area contributed by atoms with Gasteiger partial charge in [-0.3, -0.25) is 4.79 Å². The summed E-state index contributed by atoms with van der Waals surface area (Å²) in [6, 6.07) is 3.62. The lowest BCUT2D eigenvalue weighted by molar-refractivity contribution is -0.138. The molecular weight excluding hydrogens is 355 g/mol. The smallest absolute Gasteiger partial charge is 0.337 e. The van der Waals surface area contributed by atoms with Crippen molar-refractivity contribution in [2.45, 2.75) is 18.3 Å². The van der Waals surface area contributed by atoms with Crippen molar-refractivity contribution in [3.05, 3.63) is 33.8 Å². The molecule has 1 aliphatic heterocycles. The second-order valence-corrected chi connectivity index (χ2v) is 7.03. The first-order chi connectivity index (χ1) is 9.29. The number of thioether (sulfide) groups is 1. The minimum atomic E-state index is -4.47. The number of amides is 1. The molecule has 7 heteroatoms. The first kappa shape index (κ1) is 15.7. The van der Waals surface area contributed by atoms with Gasteiger partial charge in [-0.2, -0.15) is 24.9 Å². The van der Waals surface area contributed by atoms with Crippen molar-refractivity contribution in [1.82, 2.24) is 4.90 Å². The van der Waals surface area contributed by atoms with Gasteiger partial charge in [0.15, 0.2) is 0 Å². The summed E-state index contributed by atoms with van der Waals surface area (Å²) in [5.74, 6) is 0.477. The lowest BCUT2D eigenvalue weighted by Crippen LogP contribution is -2.41. The van der Waals surface area contributed by atoms with Crippen molar-refractivity contribution >= 4 is 33.6 Å². The average Bonchev–Trinajstić information content (AvgIpc) is 2.37. The molecule has 0 aliphatic carbocycles. The number of carbonyl (C=O) groups is 1. The van der Waals surface area contributed by atoms with Crippen LogP contribution in [0.5, 0.6) is 0 Å². The van der Waals surface area contributed by atoms with E-state index in [9.17, 15) is 18.0 Å². The normalized spacial score (nSPS) is 20.1. The van der Waals surface area contributed by atoms with Gasteiger partial charge in [0.05, 0.1) is 5.56 Å². The third kappa shape index (κ3) is 3.49. The zero-order chi connectivity index (χ0) is 14.9. The maximum Gasteiger partial charge on any atom is 0.417 e. The molecule has 0 spiro atoms. The maximum absolute atomic E-state index is 12.8. The highest BCUT2D eigenvalue weighted by Gasteiger charge is 2.34. The molecule has 1 atom stereocenters. The Bertz CT molecular complexity index is 521.